The number of allylic oxidation sites excluding steroid dienone is 6. The molecule has 34 heavy (non-hydrogen) atoms. The van der Waals surface area contributed by atoms with E-state index in [0.29, 0.717) is 12.5 Å². The van der Waals surface area contributed by atoms with Crippen molar-refractivity contribution in [1.29, 1.82) is 0 Å². The van der Waals surface area contributed by atoms with E-state index in [2.05, 4.69) is 74.3 Å². The monoisotopic (exact) mass is 460 g/mol. The first-order chi connectivity index (χ1) is 16.6. The second-order valence-electron chi connectivity index (χ2n) is 9.23. The molecular formula is C30H40N2O2. The molecule has 0 aliphatic heterocycles. The number of ether oxygens (including phenoxy) is 1. The predicted octanol–water partition coefficient (Wildman–Crippen LogP) is 7.08. The number of fused-ring (bicyclic) bond motifs is 1. The molecule has 0 bridgehead atoms. The maximum atomic E-state index is 9.93. The quantitative estimate of drug-likeness (QED) is 0.344. The van der Waals surface area contributed by atoms with E-state index in [9.17, 15) is 5.11 Å². The van der Waals surface area contributed by atoms with E-state index in [-0.39, 0.29) is 12.0 Å². The summed E-state index contributed by atoms with van der Waals surface area (Å²) in [7, 11) is 1.85. The van der Waals surface area contributed by atoms with E-state index >= 15 is 0 Å². The summed E-state index contributed by atoms with van der Waals surface area (Å²) in [4.78, 5) is 9.60. The molecule has 3 rings (SSSR count). The van der Waals surface area contributed by atoms with Crippen LogP contribution in [-0.2, 0) is 0 Å². The van der Waals surface area contributed by atoms with Crippen LogP contribution in [0.3, 0.4) is 0 Å². The van der Waals surface area contributed by atoms with E-state index in [0.717, 1.165) is 66.6 Å². The number of hydrogen-bond acceptors (Lipinski definition) is 4. The van der Waals surface area contributed by atoms with Crippen LogP contribution < -0.4 is 4.74 Å². The summed E-state index contributed by atoms with van der Waals surface area (Å²) in [6, 6.07) is 10.2. The van der Waals surface area contributed by atoms with E-state index in [1.54, 1.807) is 0 Å². The molecule has 0 saturated carbocycles. The molecular weight excluding hydrogens is 420 g/mol. The van der Waals surface area contributed by atoms with Crippen molar-refractivity contribution < 1.29 is 9.84 Å². The Kier molecular flexibility index (Phi) is 9.64. The summed E-state index contributed by atoms with van der Waals surface area (Å²) in [6.07, 6.45) is 17.1. The smallest absolute Gasteiger partial charge is 0.145 e. The summed E-state index contributed by atoms with van der Waals surface area (Å²) < 4.78 is 6.25. The van der Waals surface area contributed by atoms with Gasteiger partial charge >= 0.3 is 0 Å². The SMILES string of the molecule is CCCC=C1C=CC=CC1CCC(=NC)c1ccc2cccc(OCC(CC)(CC)CO)c2n1. The highest BCUT2D eigenvalue weighted by Crippen LogP contribution is 2.31. The lowest BCUT2D eigenvalue weighted by atomic mass is 9.84. The van der Waals surface area contributed by atoms with Gasteiger partial charge in [-0.15, -0.1) is 0 Å². The molecule has 1 unspecified atom stereocenters. The molecule has 1 aromatic carbocycles. The maximum Gasteiger partial charge on any atom is 0.145 e. The van der Waals surface area contributed by atoms with Crippen molar-refractivity contribution in [2.24, 2.45) is 16.3 Å². The molecule has 2 aromatic rings. The number of unbranched alkanes of at least 4 members (excludes halogenated alkanes) is 1. The van der Waals surface area contributed by atoms with Gasteiger partial charge in [0.05, 0.1) is 24.6 Å². The predicted molar refractivity (Wildman–Crippen MR) is 144 cm³/mol. The number of nitrogens with zero attached hydrogens (tertiary/aromatic N) is 2. The van der Waals surface area contributed by atoms with Gasteiger partial charge in [-0.25, -0.2) is 4.98 Å². The number of pyridine rings is 1. The molecule has 0 amide bonds. The maximum absolute atomic E-state index is 9.93. The minimum Gasteiger partial charge on any atom is -0.491 e. The van der Waals surface area contributed by atoms with Crippen molar-refractivity contribution in [2.45, 2.75) is 59.3 Å². The van der Waals surface area contributed by atoms with Gasteiger partial charge in [-0.3, -0.25) is 4.99 Å². The van der Waals surface area contributed by atoms with Crippen LogP contribution in [0.1, 0.15) is 65.0 Å². The van der Waals surface area contributed by atoms with Gasteiger partial charge in [0.2, 0.25) is 0 Å². The second-order valence-corrected chi connectivity index (χ2v) is 9.23. The topological polar surface area (TPSA) is 54.7 Å². The summed E-state index contributed by atoms with van der Waals surface area (Å²) in [5.74, 6) is 1.18. The molecule has 0 saturated heterocycles. The van der Waals surface area contributed by atoms with Crippen LogP contribution in [-0.4, -0.2) is 36.1 Å². The lowest BCUT2D eigenvalue weighted by Crippen LogP contribution is -2.31. The van der Waals surface area contributed by atoms with Gasteiger partial charge in [-0.1, -0.05) is 75.8 Å². The van der Waals surface area contributed by atoms with Crippen LogP contribution in [0.4, 0.5) is 0 Å². The number of hydrogen-bond donors (Lipinski definition) is 1. The lowest BCUT2D eigenvalue weighted by molar-refractivity contribution is 0.0594. The number of benzene rings is 1. The Balaban J connectivity index is 1.80. The van der Waals surface area contributed by atoms with Gasteiger partial charge in [0.1, 0.15) is 11.3 Å². The molecule has 1 aliphatic carbocycles. The highest BCUT2D eigenvalue weighted by Gasteiger charge is 2.26. The van der Waals surface area contributed by atoms with Crippen molar-refractivity contribution in [2.75, 3.05) is 20.3 Å². The first kappa shape index (κ1) is 25.9. The zero-order chi connectivity index (χ0) is 24.4. The number of aliphatic hydroxyl groups is 1. The molecule has 1 atom stereocenters. The first-order valence-corrected chi connectivity index (χ1v) is 12.7. The largest absolute Gasteiger partial charge is 0.491 e. The van der Waals surface area contributed by atoms with E-state index in [4.69, 9.17) is 9.72 Å². The molecule has 0 fully saturated rings. The molecule has 0 radical (unpaired) electrons. The fourth-order valence-electron chi connectivity index (χ4n) is 4.39. The number of rotatable bonds is 12. The number of para-hydroxylation sites is 1. The number of aliphatic hydroxyl groups excluding tert-OH is 1. The highest BCUT2D eigenvalue weighted by atomic mass is 16.5. The normalized spacial score (nSPS) is 17.6. The van der Waals surface area contributed by atoms with Crippen LogP contribution in [0, 0.1) is 11.3 Å². The van der Waals surface area contributed by atoms with Crippen molar-refractivity contribution in [3.63, 3.8) is 0 Å². The molecule has 4 nitrogen and oxygen atoms in total. The third-order valence-electron chi connectivity index (χ3n) is 7.15. The fraction of sp³-hybridized carbons (Fsp3) is 0.467. The third kappa shape index (κ3) is 6.24. The zero-order valence-electron chi connectivity index (χ0n) is 21.3. The van der Waals surface area contributed by atoms with Crippen molar-refractivity contribution in [3.8, 4) is 5.75 Å². The van der Waals surface area contributed by atoms with Crippen molar-refractivity contribution >= 4 is 16.6 Å². The van der Waals surface area contributed by atoms with Gasteiger partial charge < -0.3 is 9.84 Å². The summed E-state index contributed by atoms with van der Waals surface area (Å²) in [5.41, 5.74) is 3.95. The molecule has 1 aromatic heterocycles. The van der Waals surface area contributed by atoms with E-state index in [1.165, 1.54) is 5.57 Å². The summed E-state index contributed by atoms with van der Waals surface area (Å²) in [5, 5.41) is 11.0. The molecule has 182 valence electrons. The highest BCUT2D eigenvalue weighted by molar-refractivity contribution is 6.01. The second kappa shape index (κ2) is 12.7. The van der Waals surface area contributed by atoms with Crippen LogP contribution >= 0.6 is 0 Å². The molecule has 1 N–H and O–H groups in total. The van der Waals surface area contributed by atoms with Crippen molar-refractivity contribution in [3.05, 3.63) is 72.0 Å². The Labute approximate surface area is 205 Å². The molecule has 1 aliphatic rings. The molecule has 0 spiro atoms. The third-order valence-corrected chi connectivity index (χ3v) is 7.15. The first-order valence-electron chi connectivity index (χ1n) is 12.7. The Hall–Kier alpha value is -2.72. The number of aromatic nitrogens is 1. The Morgan fingerprint density at radius 1 is 1.15 bits per heavy atom. The van der Waals surface area contributed by atoms with Crippen molar-refractivity contribution in [1.82, 2.24) is 4.98 Å². The van der Waals surface area contributed by atoms with Gasteiger partial charge in [0, 0.05) is 23.8 Å². The van der Waals surface area contributed by atoms with Gasteiger partial charge in [0.25, 0.3) is 0 Å². The van der Waals surface area contributed by atoms with Gasteiger partial charge in [-0.2, -0.15) is 0 Å². The van der Waals surface area contributed by atoms with Gasteiger partial charge in [0.15, 0.2) is 0 Å². The van der Waals surface area contributed by atoms with E-state index in [1.807, 2.05) is 19.2 Å². The Morgan fingerprint density at radius 3 is 2.68 bits per heavy atom. The Morgan fingerprint density at radius 2 is 1.97 bits per heavy atom. The lowest BCUT2D eigenvalue weighted by Gasteiger charge is -2.29. The van der Waals surface area contributed by atoms with E-state index < -0.39 is 0 Å². The summed E-state index contributed by atoms with van der Waals surface area (Å²) >= 11 is 0. The van der Waals surface area contributed by atoms with Crippen LogP contribution in [0.25, 0.3) is 10.9 Å². The average molecular weight is 461 g/mol. The van der Waals surface area contributed by atoms with Crippen LogP contribution in [0.2, 0.25) is 0 Å². The standard InChI is InChI=1S/C30H40N2O2/c1-5-8-12-23-13-9-10-14-24(23)17-19-26(31-4)27-20-18-25-15-11-16-28(29(25)32-27)34-22-30(6-2,7-3)21-33/h9-16,18,20,24,33H,5-8,17,19,21-22H2,1-4H3. The zero-order valence-corrected chi connectivity index (χ0v) is 21.3. The summed E-state index contributed by atoms with van der Waals surface area (Å²) in [6.45, 7) is 7.02. The minimum absolute atomic E-state index is 0.121. The molecule has 4 heteroatoms. The van der Waals surface area contributed by atoms with Gasteiger partial charge in [-0.05, 0) is 49.8 Å². The van der Waals surface area contributed by atoms with Crippen LogP contribution in [0.15, 0.2) is 71.3 Å². The minimum atomic E-state index is -0.221. The Bertz CT molecular complexity index is 1050. The fourth-order valence-corrected chi connectivity index (χ4v) is 4.39. The van der Waals surface area contributed by atoms with Crippen LogP contribution in [0.5, 0.6) is 5.75 Å². The average Bonchev–Trinajstić information content (AvgIpc) is 2.89. The number of aliphatic imine (C=N–C) groups is 1. The molecule has 1 heterocycles.